The van der Waals surface area contributed by atoms with Gasteiger partial charge in [0.15, 0.2) is 0 Å². The Kier molecular flexibility index (Phi) is 4.85. The van der Waals surface area contributed by atoms with Crippen molar-refractivity contribution >= 4 is 24.0 Å². The number of nitrogens with one attached hydrogen (secondary N) is 1. The predicted molar refractivity (Wildman–Crippen MR) is 73.8 cm³/mol. The van der Waals surface area contributed by atoms with Gasteiger partial charge in [-0.25, -0.2) is 0 Å². The van der Waals surface area contributed by atoms with E-state index in [9.17, 15) is 14.9 Å². The Morgan fingerprint density at radius 2 is 2.11 bits per heavy atom. The normalized spacial score (nSPS) is 14.2. The summed E-state index contributed by atoms with van der Waals surface area (Å²) in [7, 11) is 1.75. The summed E-state index contributed by atoms with van der Waals surface area (Å²) in [5, 5.41) is 13.8. The highest BCUT2D eigenvalue weighted by Crippen LogP contribution is 2.20. The first kappa shape index (κ1) is 15.4. The standard InChI is InChI=1S/C12H15N3O3.ClH/c1-8-5-9(3-4-11(8)15(17)18)12(16)14(2)10-6-13-7-10;/h3-5,10,13H,6-7H2,1-2H3;1H. The molecule has 0 radical (unpaired) electrons. The number of nitrogens with zero attached hydrogens (tertiary/aromatic N) is 2. The van der Waals surface area contributed by atoms with E-state index < -0.39 is 4.92 Å². The number of hydrogen-bond acceptors (Lipinski definition) is 4. The molecule has 1 aliphatic heterocycles. The monoisotopic (exact) mass is 285 g/mol. The smallest absolute Gasteiger partial charge is 0.272 e. The zero-order chi connectivity index (χ0) is 13.3. The molecule has 0 aromatic heterocycles. The van der Waals surface area contributed by atoms with Crippen molar-refractivity contribution < 1.29 is 9.72 Å². The van der Waals surface area contributed by atoms with Crippen LogP contribution in [0.4, 0.5) is 5.69 Å². The molecule has 0 aliphatic carbocycles. The molecule has 2 rings (SSSR count). The van der Waals surface area contributed by atoms with Gasteiger partial charge in [-0.1, -0.05) is 0 Å². The number of halogens is 1. The van der Waals surface area contributed by atoms with Gasteiger partial charge in [-0.3, -0.25) is 14.9 Å². The quantitative estimate of drug-likeness (QED) is 0.672. The molecule has 1 saturated heterocycles. The third-order valence-electron chi connectivity index (χ3n) is 3.27. The molecular weight excluding hydrogens is 270 g/mol. The molecule has 6 nitrogen and oxygen atoms in total. The zero-order valence-electron chi connectivity index (χ0n) is 10.8. The number of aryl methyl sites for hydroxylation is 1. The number of hydrogen-bond donors (Lipinski definition) is 1. The molecule has 0 spiro atoms. The fraction of sp³-hybridized carbons (Fsp3) is 0.417. The van der Waals surface area contributed by atoms with Gasteiger partial charge in [0, 0.05) is 37.3 Å². The molecule has 0 saturated carbocycles. The Bertz CT molecular complexity index is 503. The summed E-state index contributed by atoms with van der Waals surface area (Å²) in [5.74, 6) is -0.0977. The Labute approximate surface area is 117 Å². The number of carbonyl (C=O) groups excluding carboxylic acids is 1. The van der Waals surface area contributed by atoms with Crippen LogP contribution in [0.5, 0.6) is 0 Å². The van der Waals surface area contributed by atoms with Crippen LogP contribution in [-0.2, 0) is 0 Å². The second-order valence-electron chi connectivity index (χ2n) is 4.49. The Morgan fingerprint density at radius 1 is 1.47 bits per heavy atom. The highest BCUT2D eigenvalue weighted by atomic mass is 35.5. The molecular formula is C12H16ClN3O3. The first-order valence-electron chi connectivity index (χ1n) is 5.73. The Hall–Kier alpha value is -1.66. The highest BCUT2D eigenvalue weighted by molar-refractivity contribution is 5.94. The van der Waals surface area contributed by atoms with E-state index >= 15 is 0 Å². The van der Waals surface area contributed by atoms with Gasteiger partial charge in [0.2, 0.25) is 0 Å². The average molecular weight is 286 g/mol. The van der Waals surface area contributed by atoms with Crippen LogP contribution < -0.4 is 5.32 Å². The van der Waals surface area contributed by atoms with E-state index in [0.717, 1.165) is 13.1 Å². The number of carbonyl (C=O) groups is 1. The summed E-state index contributed by atoms with van der Waals surface area (Å²) in [5.41, 5.74) is 1.04. The van der Waals surface area contributed by atoms with Crippen molar-refractivity contribution in [2.45, 2.75) is 13.0 Å². The molecule has 1 amide bonds. The summed E-state index contributed by atoms with van der Waals surface area (Å²) < 4.78 is 0. The number of nitro groups is 1. The summed E-state index contributed by atoms with van der Waals surface area (Å²) in [6.07, 6.45) is 0. The van der Waals surface area contributed by atoms with Crippen LogP contribution in [0.2, 0.25) is 0 Å². The number of rotatable bonds is 3. The van der Waals surface area contributed by atoms with Gasteiger partial charge >= 0.3 is 0 Å². The minimum atomic E-state index is -0.441. The van der Waals surface area contributed by atoms with Crippen LogP contribution >= 0.6 is 12.4 Å². The van der Waals surface area contributed by atoms with Crippen LogP contribution in [0.3, 0.4) is 0 Å². The van der Waals surface area contributed by atoms with Crippen molar-refractivity contribution in [3.05, 3.63) is 39.4 Å². The predicted octanol–water partition coefficient (Wildman–Crippen LogP) is 1.37. The number of benzene rings is 1. The summed E-state index contributed by atoms with van der Waals surface area (Å²) in [6, 6.07) is 4.68. The van der Waals surface area contributed by atoms with Gasteiger partial charge in [-0.15, -0.1) is 12.4 Å². The molecule has 0 bridgehead atoms. The van der Waals surface area contributed by atoms with Gasteiger partial charge in [0.05, 0.1) is 11.0 Å². The van der Waals surface area contributed by atoms with E-state index in [-0.39, 0.29) is 30.0 Å². The van der Waals surface area contributed by atoms with Crippen molar-refractivity contribution in [1.29, 1.82) is 0 Å². The second kappa shape index (κ2) is 5.99. The lowest BCUT2D eigenvalue weighted by Gasteiger charge is -2.35. The van der Waals surface area contributed by atoms with E-state index in [0.29, 0.717) is 11.1 Å². The van der Waals surface area contributed by atoms with E-state index in [1.165, 1.54) is 12.1 Å². The third kappa shape index (κ3) is 3.02. The Balaban J connectivity index is 0.00000180. The lowest BCUT2D eigenvalue weighted by molar-refractivity contribution is -0.385. The van der Waals surface area contributed by atoms with Crippen LogP contribution in [0.25, 0.3) is 0 Å². The fourth-order valence-electron chi connectivity index (χ4n) is 1.91. The molecule has 104 valence electrons. The summed E-state index contributed by atoms with van der Waals surface area (Å²) in [4.78, 5) is 24.1. The molecule has 0 unspecified atom stereocenters. The van der Waals surface area contributed by atoms with E-state index in [4.69, 9.17) is 0 Å². The van der Waals surface area contributed by atoms with Crippen molar-refractivity contribution in [2.75, 3.05) is 20.1 Å². The maximum absolute atomic E-state index is 12.1. The first-order chi connectivity index (χ1) is 8.50. The average Bonchev–Trinajstić information content (AvgIpc) is 2.24. The van der Waals surface area contributed by atoms with Gasteiger partial charge in [0.25, 0.3) is 11.6 Å². The molecule has 1 N–H and O–H groups in total. The SMILES string of the molecule is Cc1cc(C(=O)N(C)C2CNC2)ccc1[N+](=O)[O-].Cl. The van der Waals surface area contributed by atoms with Crippen molar-refractivity contribution in [3.63, 3.8) is 0 Å². The van der Waals surface area contributed by atoms with Gasteiger partial charge in [-0.05, 0) is 19.1 Å². The van der Waals surface area contributed by atoms with Crippen molar-refractivity contribution in [2.24, 2.45) is 0 Å². The van der Waals surface area contributed by atoms with Crippen molar-refractivity contribution in [3.8, 4) is 0 Å². The van der Waals surface area contributed by atoms with Gasteiger partial charge in [0.1, 0.15) is 0 Å². The third-order valence-corrected chi connectivity index (χ3v) is 3.27. The topological polar surface area (TPSA) is 75.5 Å². The lowest BCUT2D eigenvalue weighted by Crippen LogP contribution is -2.57. The molecule has 1 aliphatic rings. The molecule has 1 aromatic carbocycles. The zero-order valence-corrected chi connectivity index (χ0v) is 11.6. The fourth-order valence-corrected chi connectivity index (χ4v) is 1.91. The maximum Gasteiger partial charge on any atom is 0.272 e. The Morgan fingerprint density at radius 3 is 2.53 bits per heavy atom. The van der Waals surface area contributed by atoms with Crippen LogP contribution in [-0.4, -0.2) is 41.9 Å². The van der Waals surface area contributed by atoms with Gasteiger partial charge in [-0.2, -0.15) is 0 Å². The largest absolute Gasteiger partial charge is 0.336 e. The number of amides is 1. The highest BCUT2D eigenvalue weighted by Gasteiger charge is 2.26. The van der Waals surface area contributed by atoms with Crippen LogP contribution in [0.1, 0.15) is 15.9 Å². The minimum absolute atomic E-state index is 0. The summed E-state index contributed by atoms with van der Waals surface area (Å²) >= 11 is 0. The van der Waals surface area contributed by atoms with E-state index in [1.54, 1.807) is 24.9 Å². The lowest BCUT2D eigenvalue weighted by atomic mass is 10.1. The molecule has 19 heavy (non-hydrogen) atoms. The molecule has 7 heteroatoms. The molecule has 1 heterocycles. The second-order valence-corrected chi connectivity index (χ2v) is 4.49. The molecule has 0 atom stereocenters. The van der Waals surface area contributed by atoms with Crippen LogP contribution in [0, 0.1) is 17.0 Å². The number of nitro benzene ring substituents is 1. The number of likely N-dealkylation sites (N-methyl/N-ethyl adjacent to an activating group) is 1. The van der Waals surface area contributed by atoms with E-state index in [1.807, 2.05) is 0 Å². The van der Waals surface area contributed by atoms with Crippen LogP contribution in [0.15, 0.2) is 18.2 Å². The van der Waals surface area contributed by atoms with E-state index in [2.05, 4.69) is 5.32 Å². The molecule has 1 aromatic rings. The summed E-state index contributed by atoms with van der Waals surface area (Å²) in [6.45, 7) is 3.24. The first-order valence-corrected chi connectivity index (χ1v) is 5.73. The van der Waals surface area contributed by atoms with Gasteiger partial charge < -0.3 is 10.2 Å². The molecule has 1 fully saturated rings. The maximum atomic E-state index is 12.1. The van der Waals surface area contributed by atoms with Crippen molar-refractivity contribution in [1.82, 2.24) is 10.2 Å². The minimum Gasteiger partial charge on any atom is -0.336 e.